The monoisotopic (exact) mass is 348 g/mol. The van der Waals surface area contributed by atoms with Crippen molar-refractivity contribution in [2.24, 2.45) is 0 Å². The summed E-state index contributed by atoms with van der Waals surface area (Å²) in [6.45, 7) is 1.65. The minimum absolute atomic E-state index is 0.0165. The molecule has 2 fully saturated rings. The number of esters is 1. The standard InChI is InChI=1S/C17H20N2O4S/c1-17-9-8-14(20)19(17)13(11-24-17)16(22)23-10-15(21)18(2)12-6-4-3-5-7-12/h3-7,13H,8-11H2,1-2H3/t13-,17-/m0/s1. The quantitative estimate of drug-likeness (QED) is 0.774. The van der Waals surface area contributed by atoms with E-state index in [2.05, 4.69) is 0 Å². The zero-order valence-corrected chi connectivity index (χ0v) is 14.5. The highest BCUT2D eigenvalue weighted by Gasteiger charge is 2.53. The molecule has 0 aliphatic carbocycles. The van der Waals surface area contributed by atoms with E-state index < -0.39 is 12.0 Å². The fourth-order valence-electron chi connectivity index (χ4n) is 3.12. The van der Waals surface area contributed by atoms with Crippen LogP contribution in [-0.4, -0.2) is 53.0 Å². The lowest BCUT2D eigenvalue weighted by Crippen LogP contribution is -2.47. The van der Waals surface area contributed by atoms with E-state index in [1.54, 1.807) is 23.7 Å². The summed E-state index contributed by atoms with van der Waals surface area (Å²) in [5, 5.41) is 0. The summed E-state index contributed by atoms with van der Waals surface area (Å²) in [7, 11) is 1.64. The molecule has 2 aliphatic rings. The molecular formula is C17H20N2O4S. The molecule has 2 atom stereocenters. The largest absolute Gasteiger partial charge is 0.454 e. The fourth-order valence-corrected chi connectivity index (χ4v) is 4.53. The summed E-state index contributed by atoms with van der Waals surface area (Å²) in [5.41, 5.74) is 0.734. The Morgan fingerprint density at radius 3 is 2.79 bits per heavy atom. The number of carbonyl (C=O) groups excluding carboxylic acids is 3. The Kier molecular flexibility index (Phi) is 4.54. The van der Waals surface area contributed by atoms with Crippen molar-refractivity contribution in [1.82, 2.24) is 4.90 Å². The van der Waals surface area contributed by atoms with Gasteiger partial charge in [0.05, 0.1) is 4.87 Å². The molecule has 1 aromatic carbocycles. The molecule has 24 heavy (non-hydrogen) atoms. The number of ether oxygens (including phenoxy) is 1. The summed E-state index contributed by atoms with van der Waals surface area (Å²) in [6, 6.07) is 8.55. The predicted molar refractivity (Wildman–Crippen MR) is 91.5 cm³/mol. The Morgan fingerprint density at radius 1 is 1.38 bits per heavy atom. The SMILES string of the molecule is CN(C(=O)COC(=O)[C@@H]1CS[C@@]2(C)CCC(=O)N12)c1ccccc1. The Labute approximate surface area is 145 Å². The van der Waals surface area contributed by atoms with Crippen LogP contribution in [0.1, 0.15) is 19.8 Å². The number of likely N-dealkylation sites (N-methyl/N-ethyl adjacent to an activating group) is 1. The Morgan fingerprint density at radius 2 is 2.08 bits per heavy atom. The zero-order chi connectivity index (χ0) is 17.3. The molecule has 0 bridgehead atoms. The smallest absolute Gasteiger partial charge is 0.330 e. The average molecular weight is 348 g/mol. The van der Waals surface area contributed by atoms with Crippen molar-refractivity contribution in [3.63, 3.8) is 0 Å². The van der Waals surface area contributed by atoms with E-state index in [4.69, 9.17) is 4.74 Å². The molecule has 2 amide bonds. The molecule has 0 N–H and O–H groups in total. The second-order valence-corrected chi connectivity index (χ2v) is 7.66. The van der Waals surface area contributed by atoms with Gasteiger partial charge in [0.2, 0.25) is 5.91 Å². The fraction of sp³-hybridized carbons (Fsp3) is 0.471. The van der Waals surface area contributed by atoms with Crippen molar-refractivity contribution in [1.29, 1.82) is 0 Å². The minimum Gasteiger partial charge on any atom is -0.454 e. The first-order valence-electron chi connectivity index (χ1n) is 7.87. The van der Waals surface area contributed by atoms with Crippen molar-refractivity contribution in [3.8, 4) is 0 Å². The first-order chi connectivity index (χ1) is 11.4. The van der Waals surface area contributed by atoms with Crippen molar-refractivity contribution in [2.45, 2.75) is 30.7 Å². The molecule has 7 heteroatoms. The lowest BCUT2D eigenvalue weighted by Gasteiger charge is -2.29. The van der Waals surface area contributed by atoms with Gasteiger partial charge in [-0.25, -0.2) is 4.79 Å². The van der Waals surface area contributed by atoms with E-state index in [0.717, 1.165) is 12.1 Å². The van der Waals surface area contributed by atoms with E-state index in [0.29, 0.717) is 12.2 Å². The van der Waals surface area contributed by atoms with Gasteiger partial charge in [-0.2, -0.15) is 0 Å². The Bertz CT molecular complexity index is 666. The van der Waals surface area contributed by atoms with Gasteiger partial charge < -0.3 is 14.5 Å². The second kappa shape index (κ2) is 6.47. The minimum atomic E-state index is -0.593. The molecule has 6 nitrogen and oxygen atoms in total. The van der Waals surface area contributed by atoms with Crippen LogP contribution < -0.4 is 4.90 Å². The van der Waals surface area contributed by atoms with E-state index in [-0.39, 0.29) is 23.3 Å². The number of carbonyl (C=O) groups is 3. The van der Waals surface area contributed by atoms with Crippen LogP contribution in [0.4, 0.5) is 5.69 Å². The van der Waals surface area contributed by atoms with E-state index in [9.17, 15) is 14.4 Å². The molecule has 2 saturated heterocycles. The predicted octanol–water partition coefficient (Wildman–Crippen LogP) is 1.65. The van der Waals surface area contributed by atoms with Crippen LogP contribution >= 0.6 is 11.8 Å². The summed E-state index contributed by atoms with van der Waals surface area (Å²) in [4.78, 5) is 39.3. The van der Waals surface area contributed by atoms with Crippen LogP contribution in [0.5, 0.6) is 0 Å². The highest BCUT2D eigenvalue weighted by Crippen LogP contribution is 2.47. The number of thioether (sulfide) groups is 1. The van der Waals surface area contributed by atoms with Gasteiger partial charge in [0.1, 0.15) is 6.04 Å². The van der Waals surface area contributed by atoms with E-state index >= 15 is 0 Å². The van der Waals surface area contributed by atoms with Crippen molar-refractivity contribution >= 4 is 35.2 Å². The third kappa shape index (κ3) is 3.00. The number of fused-ring (bicyclic) bond motifs is 1. The third-order valence-electron chi connectivity index (χ3n) is 4.57. The maximum absolute atomic E-state index is 12.3. The van der Waals surface area contributed by atoms with Crippen LogP contribution in [0.3, 0.4) is 0 Å². The van der Waals surface area contributed by atoms with Crippen molar-refractivity contribution < 1.29 is 19.1 Å². The second-order valence-electron chi connectivity index (χ2n) is 6.16. The lowest BCUT2D eigenvalue weighted by atomic mass is 10.2. The van der Waals surface area contributed by atoms with Gasteiger partial charge in [-0.3, -0.25) is 9.59 Å². The van der Waals surface area contributed by atoms with Gasteiger partial charge in [-0.15, -0.1) is 11.8 Å². The number of hydrogen-bond donors (Lipinski definition) is 0. The molecule has 2 aliphatic heterocycles. The molecule has 0 unspecified atom stereocenters. The Balaban J connectivity index is 1.58. The molecule has 0 spiro atoms. The maximum atomic E-state index is 12.3. The topological polar surface area (TPSA) is 66.9 Å². The molecule has 2 heterocycles. The van der Waals surface area contributed by atoms with Crippen molar-refractivity contribution in [2.75, 3.05) is 24.3 Å². The Hall–Kier alpha value is -2.02. The van der Waals surface area contributed by atoms with Crippen LogP contribution in [0.25, 0.3) is 0 Å². The van der Waals surface area contributed by atoms with Gasteiger partial charge in [-0.05, 0) is 25.5 Å². The van der Waals surface area contributed by atoms with Gasteiger partial charge in [0, 0.05) is 24.9 Å². The molecular weight excluding hydrogens is 328 g/mol. The average Bonchev–Trinajstić information content (AvgIpc) is 3.09. The number of amides is 2. The van der Waals surface area contributed by atoms with Gasteiger partial charge in [-0.1, -0.05) is 18.2 Å². The van der Waals surface area contributed by atoms with E-state index in [1.165, 1.54) is 4.90 Å². The van der Waals surface area contributed by atoms with Gasteiger partial charge in [0.15, 0.2) is 6.61 Å². The third-order valence-corrected chi connectivity index (χ3v) is 6.08. The van der Waals surface area contributed by atoms with Crippen LogP contribution in [-0.2, 0) is 19.1 Å². The summed E-state index contributed by atoms with van der Waals surface area (Å²) in [5.74, 6) is -0.312. The number of para-hydroxylation sites is 1. The molecule has 0 radical (unpaired) electrons. The number of nitrogens with zero attached hydrogens (tertiary/aromatic N) is 2. The normalized spacial score (nSPS) is 25.5. The summed E-state index contributed by atoms with van der Waals surface area (Å²) in [6.07, 6.45) is 1.21. The van der Waals surface area contributed by atoms with Gasteiger partial charge in [0.25, 0.3) is 5.91 Å². The summed E-state index contributed by atoms with van der Waals surface area (Å²) < 4.78 is 5.19. The van der Waals surface area contributed by atoms with Gasteiger partial charge >= 0.3 is 5.97 Å². The molecule has 3 rings (SSSR count). The number of rotatable bonds is 4. The zero-order valence-electron chi connectivity index (χ0n) is 13.7. The summed E-state index contributed by atoms with van der Waals surface area (Å²) >= 11 is 1.60. The van der Waals surface area contributed by atoms with Crippen LogP contribution in [0.2, 0.25) is 0 Å². The van der Waals surface area contributed by atoms with E-state index in [1.807, 2.05) is 37.3 Å². The molecule has 0 aromatic heterocycles. The molecule has 1 aromatic rings. The molecule has 128 valence electrons. The van der Waals surface area contributed by atoms with Crippen LogP contribution in [0, 0.1) is 0 Å². The first kappa shape index (κ1) is 16.8. The first-order valence-corrected chi connectivity index (χ1v) is 8.85. The number of hydrogen-bond acceptors (Lipinski definition) is 5. The number of benzene rings is 1. The lowest BCUT2D eigenvalue weighted by molar-refractivity contribution is -0.155. The maximum Gasteiger partial charge on any atom is 0.330 e. The van der Waals surface area contributed by atoms with Crippen LogP contribution in [0.15, 0.2) is 30.3 Å². The highest BCUT2D eigenvalue weighted by atomic mass is 32.2. The number of anilines is 1. The van der Waals surface area contributed by atoms with Crippen molar-refractivity contribution in [3.05, 3.63) is 30.3 Å². The highest BCUT2D eigenvalue weighted by molar-refractivity contribution is 8.01. The molecule has 0 saturated carbocycles.